The lowest BCUT2D eigenvalue weighted by atomic mass is 10.2. The number of anilines is 1. The van der Waals surface area contributed by atoms with Gasteiger partial charge >= 0.3 is 0 Å². The molecule has 0 aliphatic heterocycles. The van der Waals surface area contributed by atoms with E-state index in [1.165, 1.54) is 51.4 Å². The third kappa shape index (κ3) is 3.56. The van der Waals surface area contributed by atoms with Gasteiger partial charge in [-0.3, -0.25) is 4.79 Å². The predicted octanol–water partition coefficient (Wildman–Crippen LogP) is 3.14. The van der Waals surface area contributed by atoms with Crippen molar-refractivity contribution in [2.45, 2.75) is 73.8 Å². The van der Waals surface area contributed by atoms with Crippen molar-refractivity contribution in [2.24, 2.45) is 0 Å². The highest BCUT2D eigenvalue weighted by Gasteiger charge is 2.38. The molecule has 0 radical (unpaired) electrons. The van der Waals surface area contributed by atoms with Crippen LogP contribution in [-0.4, -0.2) is 44.9 Å². The highest BCUT2D eigenvalue weighted by molar-refractivity contribution is 8.01. The van der Waals surface area contributed by atoms with Gasteiger partial charge in [-0.25, -0.2) is 0 Å². The highest BCUT2D eigenvalue weighted by Crippen LogP contribution is 2.36. The van der Waals surface area contributed by atoms with Gasteiger partial charge in [0.2, 0.25) is 11.0 Å². The minimum Gasteiger partial charge on any atom is -0.357 e. The van der Waals surface area contributed by atoms with Crippen LogP contribution in [-0.2, 0) is 4.79 Å². The molecule has 0 spiro atoms. The lowest BCUT2D eigenvalue weighted by Crippen LogP contribution is -2.41. The van der Waals surface area contributed by atoms with Crippen LogP contribution in [0.5, 0.6) is 0 Å². The van der Waals surface area contributed by atoms with E-state index < -0.39 is 0 Å². The summed E-state index contributed by atoms with van der Waals surface area (Å²) in [6, 6.07) is 1.62. The molecule has 1 aromatic rings. The number of nitrogens with one attached hydrogen (secondary N) is 1. The van der Waals surface area contributed by atoms with E-state index in [0.29, 0.717) is 29.8 Å². The summed E-state index contributed by atoms with van der Waals surface area (Å²) in [6.45, 7) is 0. The van der Waals surface area contributed by atoms with Gasteiger partial charge in [-0.05, 0) is 38.5 Å². The molecule has 5 nitrogen and oxygen atoms in total. The molecule has 1 heterocycles. The van der Waals surface area contributed by atoms with Crippen LogP contribution in [0.3, 0.4) is 0 Å². The Morgan fingerprint density at radius 2 is 1.86 bits per heavy atom. The van der Waals surface area contributed by atoms with Gasteiger partial charge in [-0.15, -0.1) is 10.2 Å². The molecule has 7 heteroatoms. The second-order valence-electron chi connectivity index (χ2n) is 6.55. The largest absolute Gasteiger partial charge is 0.357 e. The first-order valence-electron chi connectivity index (χ1n) is 8.33. The molecule has 3 fully saturated rings. The van der Waals surface area contributed by atoms with Crippen molar-refractivity contribution in [3.63, 3.8) is 0 Å². The van der Waals surface area contributed by atoms with Crippen LogP contribution in [0.1, 0.15) is 51.4 Å². The fourth-order valence-corrected chi connectivity index (χ4v) is 4.87. The predicted molar refractivity (Wildman–Crippen MR) is 89.4 cm³/mol. The number of aromatic nitrogens is 2. The third-order valence-electron chi connectivity index (χ3n) is 4.58. The van der Waals surface area contributed by atoms with Gasteiger partial charge in [-0.2, -0.15) is 0 Å². The molecular formula is C15H22N4OS2. The Morgan fingerprint density at radius 1 is 1.14 bits per heavy atom. The molecule has 1 amide bonds. The Hall–Kier alpha value is -0.820. The maximum absolute atomic E-state index is 12.6. The molecule has 3 aliphatic rings. The van der Waals surface area contributed by atoms with Gasteiger partial charge < -0.3 is 10.2 Å². The second kappa shape index (κ2) is 6.35. The van der Waals surface area contributed by atoms with E-state index in [2.05, 4.69) is 20.4 Å². The average molecular weight is 339 g/mol. The van der Waals surface area contributed by atoms with Gasteiger partial charge in [0.25, 0.3) is 0 Å². The quantitative estimate of drug-likeness (QED) is 0.774. The highest BCUT2D eigenvalue weighted by atomic mass is 32.2. The molecule has 0 saturated heterocycles. The summed E-state index contributed by atoms with van der Waals surface area (Å²) in [5.41, 5.74) is 0. The van der Waals surface area contributed by atoms with Crippen LogP contribution in [0.15, 0.2) is 4.34 Å². The maximum atomic E-state index is 12.6. The molecule has 1 aromatic heterocycles. The van der Waals surface area contributed by atoms with Crippen LogP contribution < -0.4 is 5.32 Å². The summed E-state index contributed by atoms with van der Waals surface area (Å²) in [5.74, 6) is 0.803. The third-order valence-corrected chi connectivity index (χ3v) is 6.55. The molecule has 1 N–H and O–H groups in total. The minimum absolute atomic E-state index is 0.298. The van der Waals surface area contributed by atoms with Crippen molar-refractivity contribution in [1.29, 1.82) is 0 Å². The lowest BCUT2D eigenvalue weighted by Gasteiger charge is -2.28. The van der Waals surface area contributed by atoms with E-state index in [0.717, 1.165) is 9.47 Å². The van der Waals surface area contributed by atoms with Crippen LogP contribution in [0.4, 0.5) is 5.13 Å². The first-order valence-corrected chi connectivity index (χ1v) is 10.1. The fourth-order valence-electron chi connectivity index (χ4n) is 3.17. The summed E-state index contributed by atoms with van der Waals surface area (Å²) in [5, 5.41) is 12.6. The molecule has 4 rings (SSSR count). The number of amides is 1. The summed E-state index contributed by atoms with van der Waals surface area (Å²) in [4.78, 5) is 14.8. The zero-order chi connectivity index (χ0) is 14.9. The van der Waals surface area contributed by atoms with Gasteiger partial charge in [0.05, 0.1) is 5.75 Å². The van der Waals surface area contributed by atoms with Gasteiger partial charge in [-0.1, -0.05) is 35.9 Å². The first-order chi connectivity index (χ1) is 10.8. The topological polar surface area (TPSA) is 58.1 Å². The summed E-state index contributed by atoms with van der Waals surface area (Å²) < 4.78 is 0.902. The lowest BCUT2D eigenvalue weighted by molar-refractivity contribution is -0.131. The van der Waals surface area contributed by atoms with Crippen molar-refractivity contribution in [3.8, 4) is 0 Å². The number of carbonyl (C=O) groups excluding carboxylic acids is 1. The zero-order valence-electron chi connectivity index (χ0n) is 12.7. The normalized spacial score (nSPS) is 22.0. The molecule has 120 valence electrons. The van der Waals surface area contributed by atoms with Crippen LogP contribution in [0, 0.1) is 0 Å². The minimum atomic E-state index is 0.298. The van der Waals surface area contributed by atoms with Crippen LogP contribution in [0.2, 0.25) is 0 Å². The van der Waals surface area contributed by atoms with Crippen molar-refractivity contribution in [3.05, 3.63) is 0 Å². The van der Waals surface area contributed by atoms with E-state index >= 15 is 0 Å². The van der Waals surface area contributed by atoms with Gasteiger partial charge in [0.15, 0.2) is 4.34 Å². The number of carbonyl (C=O) groups is 1. The van der Waals surface area contributed by atoms with E-state index in [4.69, 9.17) is 0 Å². The number of hydrogen-bond donors (Lipinski definition) is 1. The van der Waals surface area contributed by atoms with Crippen molar-refractivity contribution in [1.82, 2.24) is 15.1 Å². The number of hydrogen-bond acceptors (Lipinski definition) is 6. The molecular weight excluding hydrogens is 316 g/mol. The van der Waals surface area contributed by atoms with E-state index in [-0.39, 0.29) is 0 Å². The van der Waals surface area contributed by atoms with E-state index in [1.54, 1.807) is 23.1 Å². The summed E-state index contributed by atoms with van der Waals surface area (Å²) in [7, 11) is 0. The summed E-state index contributed by atoms with van der Waals surface area (Å²) in [6.07, 6.45) is 9.81. The molecule has 3 saturated carbocycles. The Kier molecular flexibility index (Phi) is 4.26. The fraction of sp³-hybridized carbons (Fsp3) is 0.800. The van der Waals surface area contributed by atoms with Crippen LogP contribution in [0.25, 0.3) is 0 Å². The molecule has 0 unspecified atom stereocenters. The monoisotopic (exact) mass is 338 g/mol. The van der Waals surface area contributed by atoms with E-state index in [1.807, 2.05) is 0 Å². The Morgan fingerprint density at radius 3 is 2.55 bits per heavy atom. The molecule has 0 bridgehead atoms. The number of nitrogens with zero attached hydrogens (tertiary/aromatic N) is 3. The molecule has 22 heavy (non-hydrogen) atoms. The van der Waals surface area contributed by atoms with Crippen molar-refractivity contribution >= 4 is 34.1 Å². The zero-order valence-corrected chi connectivity index (χ0v) is 14.3. The van der Waals surface area contributed by atoms with Crippen molar-refractivity contribution < 1.29 is 4.79 Å². The average Bonchev–Trinajstić information content (AvgIpc) is 3.40. The second-order valence-corrected chi connectivity index (χ2v) is 8.75. The Labute approximate surface area is 139 Å². The summed E-state index contributed by atoms with van der Waals surface area (Å²) >= 11 is 3.11. The molecule has 0 atom stereocenters. The maximum Gasteiger partial charge on any atom is 0.233 e. The smallest absolute Gasteiger partial charge is 0.233 e. The first kappa shape index (κ1) is 14.8. The Balaban J connectivity index is 1.31. The SMILES string of the molecule is O=C(CSc1nnc(NC2CC2)s1)N(C1CCCC1)C1CC1. The number of rotatable bonds is 7. The Bertz CT molecular complexity index is 535. The van der Waals surface area contributed by atoms with Gasteiger partial charge in [0.1, 0.15) is 0 Å². The standard InChI is InChI=1S/C15H22N4OS2/c20-13(19(12-7-8-12)11-3-1-2-4-11)9-21-15-18-17-14(22-15)16-10-5-6-10/h10-12H,1-9H2,(H,16,17). The van der Waals surface area contributed by atoms with E-state index in [9.17, 15) is 4.79 Å². The van der Waals surface area contributed by atoms with Crippen LogP contribution >= 0.6 is 23.1 Å². The molecule has 3 aliphatic carbocycles. The number of thioether (sulfide) groups is 1. The molecule has 0 aromatic carbocycles. The van der Waals surface area contributed by atoms with Crippen molar-refractivity contribution in [2.75, 3.05) is 11.1 Å². The van der Waals surface area contributed by atoms with Gasteiger partial charge in [0, 0.05) is 18.1 Å².